The van der Waals surface area contributed by atoms with Crippen LogP contribution in [0.3, 0.4) is 0 Å². The second-order valence-electron chi connectivity index (χ2n) is 7.06. The summed E-state index contributed by atoms with van der Waals surface area (Å²) in [6.45, 7) is 6.15. The van der Waals surface area contributed by atoms with Crippen LogP contribution in [-0.2, 0) is 0 Å². The fraction of sp³-hybridized carbons (Fsp3) is 0.381. The molecule has 0 amide bonds. The molecular formula is C21H27N7O. The number of anilines is 2. The summed E-state index contributed by atoms with van der Waals surface area (Å²) in [5.74, 6) is 1.58. The average molecular weight is 393 g/mol. The molecular weight excluding hydrogens is 366 g/mol. The SMILES string of the molecule is COc1ccc(N2CCN(CCCNc3nnnn3-c3ccccc3)CC2)cc1. The Morgan fingerprint density at radius 1 is 0.931 bits per heavy atom. The first-order valence-corrected chi connectivity index (χ1v) is 10.0. The van der Waals surface area contributed by atoms with Crippen molar-refractivity contribution in [2.45, 2.75) is 6.42 Å². The van der Waals surface area contributed by atoms with Crippen LogP contribution < -0.4 is 15.0 Å². The van der Waals surface area contributed by atoms with Gasteiger partial charge in [0.15, 0.2) is 0 Å². The summed E-state index contributed by atoms with van der Waals surface area (Å²) in [7, 11) is 1.70. The zero-order valence-corrected chi connectivity index (χ0v) is 16.7. The Kier molecular flexibility index (Phi) is 6.21. The maximum Gasteiger partial charge on any atom is 0.247 e. The summed E-state index contributed by atoms with van der Waals surface area (Å²) in [6.07, 6.45) is 1.05. The Morgan fingerprint density at radius 2 is 1.69 bits per heavy atom. The molecule has 0 radical (unpaired) electrons. The van der Waals surface area contributed by atoms with Crippen LogP contribution in [0.15, 0.2) is 54.6 Å². The molecule has 29 heavy (non-hydrogen) atoms. The lowest BCUT2D eigenvalue weighted by Gasteiger charge is -2.36. The van der Waals surface area contributed by atoms with Crippen LogP contribution in [0, 0.1) is 0 Å². The van der Waals surface area contributed by atoms with Gasteiger partial charge in [-0.25, -0.2) is 0 Å². The first kappa shape index (κ1) is 19.2. The second-order valence-corrected chi connectivity index (χ2v) is 7.06. The Morgan fingerprint density at radius 3 is 2.41 bits per heavy atom. The molecule has 2 aromatic carbocycles. The molecule has 0 bridgehead atoms. The molecule has 1 N–H and O–H groups in total. The van der Waals surface area contributed by atoms with Gasteiger partial charge >= 0.3 is 0 Å². The van der Waals surface area contributed by atoms with Gasteiger partial charge in [0.25, 0.3) is 0 Å². The van der Waals surface area contributed by atoms with Crippen LogP contribution in [0.5, 0.6) is 5.75 Å². The third kappa shape index (κ3) is 4.83. The zero-order valence-electron chi connectivity index (χ0n) is 16.7. The molecule has 4 rings (SSSR count). The minimum atomic E-state index is 0.681. The standard InChI is InChI=1S/C21H27N7O/c1-29-20-10-8-18(9-11-20)27-16-14-26(15-17-27)13-5-12-22-21-23-24-25-28(21)19-6-3-2-4-7-19/h2-4,6-11H,5,12-17H2,1H3,(H,22,23,25). The van der Waals surface area contributed by atoms with Crippen molar-refractivity contribution in [1.29, 1.82) is 0 Å². The van der Waals surface area contributed by atoms with E-state index in [1.165, 1.54) is 5.69 Å². The predicted octanol–water partition coefficient (Wildman–Crippen LogP) is 2.30. The van der Waals surface area contributed by atoms with Gasteiger partial charge in [-0.15, -0.1) is 0 Å². The number of aromatic nitrogens is 4. The molecule has 1 aliphatic rings. The number of para-hydroxylation sites is 1. The Bertz CT molecular complexity index is 874. The van der Waals surface area contributed by atoms with Crippen molar-refractivity contribution in [3.05, 3.63) is 54.6 Å². The molecule has 152 valence electrons. The fourth-order valence-electron chi connectivity index (χ4n) is 3.57. The van der Waals surface area contributed by atoms with E-state index in [9.17, 15) is 0 Å². The summed E-state index contributed by atoms with van der Waals surface area (Å²) < 4.78 is 6.97. The monoisotopic (exact) mass is 393 g/mol. The van der Waals surface area contributed by atoms with Gasteiger partial charge in [0.05, 0.1) is 12.8 Å². The normalized spacial score (nSPS) is 14.7. The van der Waals surface area contributed by atoms with E-state index >= 15 is 0 Å². The largest absolute Gasteiger partial charge is 0.497 e. The Labute approximate surface area is 171 Å². The molecule has 1 aromatic heterocycles. The topological polar surface area (TPSA) is 71.3 Å². The van der Waals surface area contributed by atoms with E-state index in [4.69, 9.17) is 4.74 Å². The van der Waals surface area contributed by atoms with Gasteiger partial charge in [-0.05, 0) is 59.8 Å². The number of methoxy groups -OCH3 is 1. The smallest absolute Gasteiger partial charge is 0.247 e. The minimum absolute atomic E-state index is 0.681. The van der Waals surface area contributed by atoms with Crippen LogP contribution in [-0.4, -0.2) is 71.5 Å². The van der Waals surface area contributed by atoms with Gasteiger partial charge in [-0.2, -0.15) is 4.68 Å². The molecule has 2 heterocycles. The highest BCUT2D eigenvalue weighted by atomic mass is 16.5. The van der Waals surface area contributed by atoms with Gasteiger partial charge in [-0.1, -0.05) is 23.3 Å². The summed E-state index contributed by atoms with van der Waals surface area (Å²) in [5.41, 5.74) is 2.22. The molecule has 0 spiro atoms. The molecule has 1 aliphatic heterocycles. The lowest BCUT2D eigenvalue weighted by molar-refractivity contribution is 0.257. The van der Waals surface area contributed by atoms with Crippen LogP contribution in [0.1, 0.15) is 6.42 Å². The first-order valence-electron chi connectivity index (χ1n) is 10.0. The molecule has 0 aliphatic carbocycles. The lowest BCUT2D eigenvalue weighted by atomic mass is 10.2. The number of tetrazole rings is 1. The maximum absolute atomic E-state index is 5.24. The van der Waals surface area contributed by atoms with Gasteiger partial charge in [0, 0.05) is 38.4 Å². The third-order valence-electron chi connectivity index (χ3n) is 5.21. The van der Waals surface area contributed by atoms with Crippen molar-refractivity contribution >= 4 is 11.6 Å². The van der Waals surface area contributed by atoms with Gasteiger partial charge in [0.2, 0.25) is 5.95 Å². The van der Waals surface area contributed by atoms with Crippen molar-refractivity contribution < 1.29 is 4.74 Å². The summed E-state index contributed by atoms with van der Waals surface area (Å²) >= 11 is 0. The van der Waals surface area contributed by atoms with Gasteiger partial charge in [0.1, 0.15) is 5.75 Å². The van der Waals surface area contributed by atoms with E-state index < -0.39 is 0 Å². The van der Waals surface area contributed by atoms with E-state index in [1.807, 2.05) is 42.5 Å². The lowest BCUT2D eigenvalue weighted by Crippen LogP contribution is -2.46. The molecule has 3 aromatic rings. The number of nitrogens with one attached hydrogen (secondary N) is 1. The van der Waals surface area contributed by atoms with Crippen LogP contribution in [0.2, 0.25) is 0 Å². The number of hydrogen-bond donors (Lipinski definition) is 1. The molecule has 8 heteroatoms. The second kappa shape index (κ2) is 9.38. The number of piperazine rings is 1. The van der Waals surface area contributed by atoms with Crippen molar-refractivity contribution in [3.8, 4) is 11.4 Å². The zero-order chi connectivity index (χ0) is 19.9. The van der Waals surface area contributed by atoms with Gasteiger partial charge in [-0.3, -0.25) is 4.90 Å². The summed E-state index contributed by atoms with van der Waals surface area (Å²) in [5, 5.41) is 15.3. The van der Waals surface area contributed by atoms with Crippen molar-refractivity contribution in [2.24, 2.45) is 0 Å². The van der Waals surface area contributed by atoms with E-state index in [0.717, 1.165) is 57.1 Å². The number of benzene rings is 2. The van der Waals surface area contributed by atoms with Crippen molar-refractivity contribution in [3.63, 3.8) is 0 Å². The Hall–Kier alpha value is -3.13. The van der Waals surface area contributed by atoms with Crippen LogP contribution in [0.25, 0.3) is 5.69 Å². The van der Waals surface area contributed by atoms with Crippen LogP contribution >= 0.6 is 0 Å². The molecule has 0 unspecified atom stereocenters. The number of hydrogen-bond acceptors (Lipinski definition) is 7. The highest BCUT2D eigenvalue weighted by Gasteiger charge is 2.17. The summed E-state index contributed by atoms with van der Waals surface area (Å²) in [4.78, 5) is 4.95. The van der Waals surface area contributed by atoms with E-state index in [2.05, 4.69) is 42.8 Å². The minimum Gasteiger partial charge on any atom is -0.497 e. The number of rotatable bonds is 8. The van der Waals surface area contributed by atoms with E-state index in [-0.39, 0.29) is 0 Å². The highest BCUT2D eigenvalue weighted by molar-refractivity contribution is 5.49. The van der Waals surface area contributed by atoms with Crippen molar-refractivity contribution in [1.82, 2.24) is 25.1 Å². The van der Waals surface area contributed by atoms with Crippen molar-refractivity contribution in [2.75, 3.05) is 56.6 Å². The number of nitrogens with zero attached hydrogens (tertiary/aromatic N) is 6. The van der Waals surface area contributed by atoms with Crippen LogP contribution in [0.4, 0.5) is 11.6 Å². The Balaban J connectivity index is 1.19. The molecule has 1 fully saturated rings. The molecule has 0 atom stereocenters. The van der Waals surface area contributed by atoms with Gasteiger partial charge < -0.3 is 15.0 Å². The number of ether oxygens (including phenoxy) is 1. The molecule has 0 saturated carbocycles. The highest BCUT2D eigenvalue weighted by Crippen LogP contribution is 2.20. The third-order valence-corrected chi connectivity index (χ3v) is 5.21. The maximum atomic E-state index is 5.24. The average Bonchev–Trinajstić information content (AvgIpc) is 3.26. The van der Waals surface area contributed by atoms with E-state index in [0.29, 0.717) is 5.95 Å². The first-order chi connectivity index (χ1) is 14.3. The predicted molar refractivity (Wildman–Crippen MR) is 114 cm³/mol. The molecule has 1 saturated heterocycles. The summed E-state index contributed by atoms with van der Waals surface area (Å²) in [6, 6.07) is 18.2. The molecule has 8 nitrogen and oxygen atoms in total. The fourth-order valence-corrected chi connectivity index (χ4v) is 3.57. The quantitative estimate of drug-likeness (QED) is 0.589. The van der Waals surface area contributed by atoms with E-state index in [1.54, 1.807) is 11.8 Å².